The number of rotatable bonds is 12. The molecular weight excluding hydrogens is 646 g/mol. The normalized spacial score (nSPS) is 23.5. The largest absolute Gasteiger partial charge is 0.347 e. The molecule has 0 radical (unpaired) electrons. The van der Waals surface area contributed by atoms with Crippen LogP contribution in [-0.4, -0.2) is 80.2 Å². The molecule has 50 heavy (non-hydrogen) atoms. The molecule has 4 atom stereocenters. The molecule has 2 aliphatic carbocycles. The highest BCUT2D eigenvalue weighted by Gasteiger charge is 2.54. The van der Waals surface area contributed by atoms with Crippen LogP contribution in [0.15, 0.2) is 21.9 Å². The molecule has 3 fully saturated rings. The molecule has 1 aromatic heterocycles. The highest BCUT2D eigenvalue weighted by atomic mass is 16.7. The second-order valence-corrected chi connectivity index (χ2v) is 15.5. The van der Waals surface area contributed by atoms with Gasteiger partial charge in [-0.15, -0.1) is 0 Å². The first kappa shape index (κ1) is 37.0. The molecule has 15 heteroatoms. The Morgan fingerprint density at radius 3 is 2.38 bits per heavy atom. The average molecular weight is 698 g/mol. The summed E-state index contributed by atoms with van der Waals surface area (Å²) in [7, 11) is 0. The summed E-state index contributed by atoms with van der Waals surface area (Å²) in [6.07, 6.45) is 10.7. The highest BCUT2D eigenvalue weighted by Crippen LogP contribution is 2.38. The Morgan fingerprint density at radius 1 is 1.04 bits per heavy atom. The topological polar surface area (TPSA) is 201 Å². The lowest BCUT2D eigenvalue weighted by Gasteiger charge is -2.36. The fraction of sp³-hybridized carbons (Fsp3) is 0.686. The summed E-state index contributed by atoms with van der Waals surface area (Å²) in [6, 6.07) is -3.30. The van der Waals surface area contributed by atoms with E-state index in [9.17, 15) is 33.6 Å². The van der Waals surface area contributed by atoms with Crippen LogP contribution in [0.4, 0.5) is 0 Å². The van der Waals surface area contributed by atoms with Gasteiger partial charge in [0.1, 0.15) is 23.5 Å². The third-order valence-electron chi connectivity index (χ3n) is 10.0. The zero-order valence-corrected chi connectivity index (χ0v) is 29.7. The van der Waals surface area contributed by atoms with Crippen molar-refractivity contribution in [2.24, 2.45) is 11.3 Å². The zero-order valence-electron chi connectivity index (χ0n) is 29.7. The SMILES string of the molecule is CCC[C@H](NC(=O)[C@@H]1C[C@]2(C=C(n3cc(C)c(=O)[nH]c3=O)NO2)CN1C(=O)[C@@H](NC(=O)CC1CCCCC1)C(C)(C)C)C(=O)C(=O)NC1CC1. The number of nitrogens with zero attached hydrogens (tertiary/aromatic N) is 2. The van der Waals surface area contributed by atoms with Gasteiger partial charge in [0.25, 0.3) is 11.5 Å². The second kappa shape index (κ2) is 14.9. The van der Waals surface area contributed by atoms with Gasteiger partial charge in [0.2, 0.25) is 23.5 Å². The Kier molecular flexibility index (Phi) is 11.0. The quantitative estimate of drug-likeness (QED) is 0.199. The van der Waals surface area contributed by atoms with E-state index in [2.05, 4.69) is 26.4 Å². The molecule has 2 aliphatic heterocycles. The lowest BCUT2D eigenvalue weighted by Crippen LogP contribution is -2.59. The third kappa shape index (κ3) is 8.53. The Bertz CT molecular complexity index is 1650. The van der Waals surface area contributed by atoms with E-state index >= 15 is 0 Å². The molecule has 1 aromatic rings. The number of nitrogens with one attached hydrogen (secondary N) is 5. The van der Waals surface area contributed by atoms with Gasteiger partial charge >= 0.3 is 5.69 Å². The van der Waals surface area contributed by atoms with E-state index in [4.69, 9.17) is 4.84 Å². The first-order valence-electron chi connectivity index (χ1n) is 17.9. The number of carbonyl (C=O) groups excluding carboxylic acids is 5. The van der Waals surface area contributed by atoms with E-state index < -0.39 is 63.9 Å². The van der Waals surface area contributed by atoms with Gasteiger partial charge in [-0.1, -0.05) is 53.4 Å². The Morgan fingerprint density at radius 2 is 1.74 bits per heavy atom. The van der Waals surface area contributed by atoms with Crippen LogP contribution in [-0.2, 0) is 28.8 Å². The Hall–Kier alpha value is -4.27. The van der Waals surface area contributed by atoms with Crippen LogP contribution in [0.5, 0.6) is 0 Å². The van der Waals surface area contributed by atoms with Crippen molar-refractivity contribution in [3.05, 3.63) is 38.7 Å². The number of aryl methyl sites for hydroxylation is 1. The molecule has 4 aliphatic rings. The number of ketones is 1. The summed E-state index contributed by atoms with van der Waals surface area (Å²) in [5, 5.41) is 8.40. The van der Waals surface area contributed by atoms with E-state index in [0.717, 1.165) is 44.9 Å². The number of aromatic nitrogens is 2. The molecule has 15 nitrogen and oxygen atoms in total. The molecule has 2 saturated carbocycles. The van der Waals surface area contributed by atoms with Crippen LogP contribution in [0.25, 0.3) is 5.82 Å². The fourth-order valence-electron chi connectivity index (χ4n) is 7.03. The molecule has 274 valence electrons. The molecule has 3 heterocycles. The van der Waals surface area contributed by atoms with Crippen molar-refractivity contribution < 1.29 is 28.8 Å². The molecule has 5 N–H and O–H groups in total. The number of H-pyrrole nitrogens is 1. The van der Waals surface area contributed by atoms with Gasteiger partial charge in [-0.3, -0.25) is 43.2 Å². The molecule has 1 saturated heterocycles. The fourth-order valence-corrected chi connectivity index (χ4v) is 7.03. The van der Waals surface area contributed by atoms with Gasteiger partial charge in [-0.05, 0) is 56.4 Å². The van der Waals surface area contributed by atoms with Crippen molar-refractivity contribution in [3.8, 4) is 0 Å². The van der Waals surface area contributed by atoms with Crippen LogP contribution in [0, 0.1) is 18.3 Å². The summed E-state index contributed by atoms with van der Waals surface area (Å²) < 4.78 is 1.17. The van der Waals surface area contributed by atoms with Crippen LogP contribution in [0.3, 0.4) is 0 Å². The average Bonchev–Trinajstić information content (AvgIpc) is 3.66. The molecule has 0 aromatic carbocycles. The minimum atomic E-state index is -1.29. The summed E-state index contributed by atoms with van der Waals surface area (Å²) in [5.41, 5.74) is -0.272. The lowest BCUT2D eigenvalue weighted by molar-refractivity contribution is -0.145. The summed E-state index contributed by atoms with van der Waals surface area (Å²) >= 11 is 0. The first-order valence-corrected chi connectivity index (χ1v) is 17.9. The number of Topliss-reactive ketones (excluding diaryl/α,β-unsaturated/α-hetero) is 1. The first-order chi connectivity index (χ1) is 23.6. The Labute approximate surface area is 291 Å². The number of likely N-dealkylation sites (tertiary alicyclic amines) is 1. The second-order valence-electron chi connectivity index (χ2n) is 15.5. The van der Waals surface area contributed by atoms with Crippen molar-refractivity contribution in [2.45, 2.75) is 135 Å². The van der Waals surface area contributed by atoms with Gasteiger partial charge in [0, 0.05) is 30.6 Å². The number of hydrogen-bond donors (Lipinski definition) is 5. The van der Waals surface area contributed by atoms with E-state index in [0.29, 0.717) is 12.8 Å². The van der Waals surface area contributed by atoms with Crippen molar-refractivity contribution in [3.63, 3.8) is 0 Å². The number of hydrogen-bond acceptors (Lipinski definition) is 9. The number of amides is 4. The number of hydroxylamine groups is 1. The predicted octanol–water partition coefficient (Wildman–Crippen LogP) is 1.15. The molecule has 0 unspecified atom stereocenters. The van der Waals surface area contributed by atoms with Gasteiger partial charge in [0.05, 0.1) is 12.6 Å². The van der Waals surface area contributed by atoms with Crippen LogP contribution >= 0.6 is 0 Å². The molecule has 1 spiro atoms. The number of aromatic amines is 1. The van der Waals surface area contributed by atoms with E-state index in [1.165, 1.54) is 15.7 Å². The minimum absolute atomic E-state index is 0.0402. The summed E-state index contributed by atoms with van der Waals surface area (Å²) in [4.78, 5) is 102. The van der Waals surface area contributed by atoms with Crippen molar-refractivity contribution in [1.82, 2.24) is 35.9 Å². The van der Waals surface area contributed by atoms with Crippen LogP contribution < -0.4 is 32.7 Å². The molecule has 4 amide bonds. The monoisotopic (exact) mass is 697 g/mol. The molecule has 0 bridgehead atoms. The van der Waals surface area contributed by atoms with Gasteiger partial charge in [-0.25, -0.2) is 10.3 Å². The van der Waals surface area contributed by atoms with E-state index in [-0.39, 0.29) is 48.6 Å². The maximum Gasteiger partial charge on any atom is 0.334 e. The minimum Gasteiger partial charge on any atom is -0.347 e. The Balaban J connectivity index is 1.44. The standard InChI is InChI=1S/C35H51N7O8/c1-6-10-23(27(44)31(47)36-22-13-14-22)37-30(46)24-16-35(17-25(40-50-35)41-18-20(2)29(45)39-33(41)49)19-42(24)32(48)28(34(3,4)5)38-26(43)15-21-11-8-7-9-12-21/h17-18,21-24,28,40H,6-16,19H2,1-5H3,(H,36,47)(H,37,46)(H,38,43)(H,39,45,49)/t23-,24-,28+,35-/m0/s1. The third-order valence-corrected chi connectivity index (χ3v) is 10.0. The predicted molar refractivity (Wildman–Crippen MR) is 183 cm³/mol. The lowest BCUT2D eigenvalue weighted by atomic mass is 9.84. The molecular formula is C35H51N7O8. The van der Waals surface area contributed by atoms with Gasteiger partial charge < -0.3 is 20.9 Å². The van der Waals surface area contributed by atoms with Crippen molar-refractivity contribution in [1.29, 1.82) is 0 Å². The zero-order chi connectivity index (χ0) is 36.4. The molecule has 5 rings (SSSR count). The van der Waals surface area contributed by atoms with E-state index in [1.54, 1.807) is 13.0 Å². The maximum atomic E-state index is 14.6. The smallest absolute Gasteiger partial charge is 0.334 e. The van der Waals surface area contributed by atoms with Crippen molar-refractivity contribution >= 4 is 35.2 Å². The van der Waals surface area contributed by atoms with Gasteiger partial charge in [-0.2, -0.15) is 0 Å². The maximum absolute atomic E-state index is 14.6. The van der Waals surface area contributed by atoms with Crippen LogP contribution in [0.1, 0.15) is 104 Å². The highest BCUT2D eigenvalue weighted by molar-refractivity contribution is 6.38. The van der Waals surface area contributed by atoms with Crippen LogP contribution in [0.2, 0.25) is 0 Å². The number of carbonyl (C=O) groups is 5. The summed E-state index contributed by atoms with van der Waals surface area (Å²) in [6.45, 7) is 8.76. The van der Waals surface area contributed by atoms with Gasteiger partial charge in [0.15, 0.2) is 0 Å². The van der Waals surface area contributed by atoms with E-state index in [1.807, 2.05) is 27.7 Å². The summed E-state index contributed by atoms with van der Waals surface area (Å²) in [5.74, 6) is -2.46. The van der Waals surface area contributed by atoms with Crippen molar-refractivity contribution in [2.75, 3.05) is 6.54 Å².